The van der Waals surface area contributed by atoms with E-state index in [0.29, 0.717) is 22.5 Å². The van der Waals surface area contributed by atoms with Crippen LogP contribution in [0.5, 0.6) is 0 Å². The Hall–Kier alpha value is 1.60. The molecule has 8 heteroatoms. The summed E-state index contributed by atoms with van der Waals surface area (Å²) in [6.45, 7) is 1.65. The zero-order valence-electron chi connectivity index (χ0n) is 8.68. The normalized spacial score (nSPS) is 11.1. The van der Waals surface area contributed by atoms with Crippen LogP contribution in [-0.2, 0) is 15.4 Å². The van der Waals surface area contributed by atoms with E-state index in [-0.39, 0.29) is 64.0 Å². The van der Waals surface area contributed by atoms with Gasteiger partial charge in [-0.05, 0) is 41.8 Å². The van der Waals surface area contributed by atoms with Gasteiger partial charge < -0.3 is 14.1 Å². The first kappa shape index (κ1) is 19.0. The zero-order valence-corrected chi connectivity index (χ0v) is 14.3. The second-order valence-electron chi connectivity index (χ2n) is 2.31. The van der Waals surface area contributed by atoms with Crippen LogP contribution in [0, 0.1) is 6.92 Å². The van der Waals surface area contributed by atoms with Gasteiger partial charge in [0.05, 0.1) is 0 Å². The molecule has 72 valence electrons. The minimum atomic E-state index is -2.23. The molecule has 1 aromatic carbocycles. The molecular formula is C7H6Na2O4S2. The Morgan fingerprint density at radius 3 is 2.40 bits per heavy atom. The summed E-state index contributed by atoms with van der Waals surface area (Å²) in [6.07, 6.45) is 0. The van der Waals surface area contributed by atoms with Crippen LogP contribution in [0.3, 0.4) is 0 Å². The third kappa shape index (κ3) is 6.18. The quantitative estimate of drug-likeness (QED) is 0.179. The molecule has 0 N–H and O–H groups in total. The van der Waals surface area contributed by atoms with Crippen molar-refractivity contribution in [3.63, 3.8) is 0 Å². The average molecular weight is 264 g/mol. The maximum atomic E-state index is 10.6. The molecule has 15 heavy (non-hydrogen) atoms. The first-order chi connectivity index (χ1) is 6.15. The molecular weight excluding hydrogens is 258 g/mol. The van der Waals surface area contributed by atoms with E-state index in [2.05, 4.69) is 4.33 Å². The molecule has 0 bridgehead atoms. The molecule has 4 nitrogen and oxygen atoms in total. The fourth-order valence-corrected chi connectivity index (χ4v) is 1.83. The maximum absolute atomic E-state index is 10.6. The molecule has 1 unspecified atom stereocenters. The number of hydrogen-bond acceptors (Lipinski definition) is 5. The Morgan fingerprint density at radius 1 is 1.40 bits per heavy atom. The van der Waals surface area contributed by atoms with Crippen molar-refractivity contribution >= 4 is 23.1 Å². The monoisotopic (exact) mass is 264 g/mol. The van der Waals surface area contributed by atoms with Crippen LogP contribution in [0.2, 0.25) is 0 Å². The van der Waals surface area contributed by atoms with E-state index in [1.807, 2.05) is 0 Å². The maximum Gasteiger partial charge on any atom is 1.00 e. The Labute approximate surface area is 139 Å². The second kappa shape index (κ2) is 9.61. The molecule has 1 atom stereocenters. The first-order valence-electron chi connectivity index (χ1n) is 3.31. The van der Waals surface area contributed by atoms with Gasteiger partial charge in [0, 0.05) is 21.8 Å². The summed E-state index contributed by atoms with van der Waals surface area (Å²) in [4.78, 5) is 0.817. The van der Waals surface area contributed by atoms with E-state index in [4.69, 9.17) is 0 Å². The van der Waals surface area contributed by atoms with Crippen molar-refractivity contribution in [3.05, 3.63) is 23.8 Å². The average Bonchev–Trinajstić information content (AvgIpc) is 2.04. The van der Waals surface area contributed by atoms with Crippen molar-refractivity contribution in [2.45, 2.75) is 16.7 Å². The molecule has 0 fully saturated rings. The summed E-state index contributed by atoms with van der Waals surface area (Å²) >= 11 is -1.58. The van der Waals surface area contributed by atoms with Gasteiger partial charge in [0.15, 0.2) is 0 Å². The molecule has 0 heterocycles. The summed E-state index contributed by atoms with van der Waals surface area (Å²) in [6, 6.07) is 4.52. The molecule has 0 aliphatic heterocycles. The van der Waals surface area contributed by atoms with Crippen LogP contribution < -0.4 is 64.4 Å². The van der Waals surface area contributed by atoms with Crippen LogP contribution in [-0.4, -0.2) is 8.76 Å². The number of aryl methyl sites for hydroxylation is 1. The number of hydrogen-bond donors (Lipinski definition) is 0. The predicted molar refractivity (Wildman–Crippen MR) is 45.3 cm³/mol. The summed E-state index contributed by atoms with van der Waals surface area (Å²) < 4.78 is 24.8. The summed E-state index contributed by atoms with van der Waals surface area (Å²) in [5, 5.41) is 9.77. The van der Waals surface area contributed by atoms with Gasteiger partial charge in [-0.1, -0.05) is 0 Å². The standard InChI is InChI=1S/C7H8O4S2.2Na/c1-5-4-6(12-11-8)2-3-7(5)13(9)10;;/h2-4,8H,1H3,(H,9,10);;/q;2*+1/p-2. The van der Waals surface area contributed by atoms with Crippen LogP contribution in [0.4, 0.5) is 0 Å². The van der Waals surface area contributed by atoms with E-state index in [1.54, 1.807) is 13.0 Å². The van der Waals surface area contributed by atoms with Crippen molar-refractivity contribution in [1.29, 1.82) is 0 Å². The van der Waals surface area contributed by atoms with Gasteiger partial charge in [-0.15, -0.1) is 0 Å². The molecule has 0 radical (unpaired) electrons. The molecule has 1 aromatic rings. The van der Waals surface area contributed by atoms with Crippen molar-refractivity contribution < 1.29 is 77.5 Å². The second-order valence-corrected chi connectivity index (χ2v) is 4.00. The SMILES string of the molecule is Cc1cc(SO[O-])ccc1S(=O)[O-].[Na+].[Na+]. The third-order valence-corrected chi connectivity index (χ3v) is 2.79. The summed E-state index contributed by atoms with van der Waals surface area (Å²) in [7, 11) is 0. The van der Waals surface area contributed by atoms with Crippen molar-refractivity contribution in [2.24, 2.45) is 0 Å². The van der Waals surface area contributed by atoms with E-state index in [0.717, 1.165) is 0 Å². The van der Waals surface area contributed by atoms with Gasteiger partial charge in [0.1, 0.15) is 0 Å². The fraction of sp³-hybridized carbons (Fsp3) is 0.143. The van der Waals surface area contributed by atoms with Gasteiger partial charge in [0.2, 0.25) is 0 Å². The van der Waals surface area contributed by atoms with Gasteiger partial charge >= 0.3 is 59.1 Å². The number of rotatable bonds is 3. The summed E-state index contributed by atoms with van der Waals surface area (Å²) in [5.41, 5.74) is 0.593. The first-order valence-corrected chi connectivity index (χ1v) is 5.13. The minimum Gasteiger partial charge on any atom is -0.768 e. The molecule has 0 aliphatic carbocycles. The zero-order chi connectivity index (χ0) is 9.84. The van der Waals surface area contributed by atoms with Gasteiger partial charge in [-0.25, -0.2) is 0 Å². The smallest absolute Gasteiger partial charge is 0.768 e. The third-order valence-electron chi connectivity index (χ3n) is 1.46. The topological polar surface area (TPSA) is 72.4 Å². The van der Waals surface area contributed by atoms with E-state index >= 15 is 0 Å². The molecule has 1 rings (SSSR count). The Kier molecular flexibility index (Phi) is 12.1. The molecule has 0 aliphatic rings. The Bertz CT molecular complexity index is 335. The van der Waals surface area contributed by atoms with Crippen LogP contribution >= 0.6 is 12.0 Å². The molecule has 0 spiro atoms. The fourth-order valence-electron chi connectivity index (χ4n) is 0.900. The molecule has 0 amide bonds. The largest absolute Gasteiger partial charge is 1.00 e. The minimum absolute atomic E-state index is 0. The van der Waals surface area contributed by atoms with E-state index < -0.39 is 11.1 Å². The molecule has 0 saturated carbocycles. The molecule has 0 saturated heterocycles. The van der Waals surface area contributed by atoms with E-state index in [9.17, 15) is 14.0 Å². The van der Waals surface area contributed by atoms with E-state index in [1.165, 1.54) is 12.1 Å². The van der Waals surface area contributed by atoms with Crippen LogP contribution in [0.25, 0.3) is 0 Å². The molecule has 0 aromatic heterocycles. The predicted octanol–water partition coefficient (Wildman–Crippen LogP) is -5.46. The number of benzene rings is 1. The van der Waals surface area contributed by atoms with Crippen molar-refractivity contribution in [1.82, 2.24) is 0 Å². The van der Waals surface area contributed by atoms with Crippen molar-refractivity contribution in [3.8, 4) is 0 Å². The van der Waals surface area contributed by atoms with Crippen LogP contribution in [0.1, 0.15) is 5.56 Å². The van der Waals surface area contributed by atoms with Crippen molar-refractivity contribution in [2.75, 3.05) is 0 Å². The van der Waals surface area contributed by atoms with Gasteiger partial charge in [-0.3, -0.25) is 4.21 Å². The van der Waals surface area contributed by atoms with Gasteiger partial charge in [-0.2, -0.15) is 0 Å². The Morgan fingerprint density at radius 2 is 2.00 bits per heavy atom. The van der Waals surface area contributed by atoms with Gasteiger partial charge in [0.25, 0.3) is 0 Å². The summed E-state index contributed by atoms with van der Waals surface area (Å²) in [5.74, 6) is 0. The Balaban J connectivity index is 0. The van der Waals surface area contributed by atoms with Crippen LogP contribution in [0.15, 0.2) is 28.0 Å².